The molecular formula is C7H11NO2S2. The molecule has 5 heteroatoms. The highest BCUT2D eigenvalue weighted by atomic mass is 32.2. The number of carbonyl (C=O) groups is 2. The van der Waals surface area contributed by atoms with Gasteiger partial charge in [-0.05, 0) is 4.70 Å². The van der Waals surface area contributed by atoms with Crippen LogP contribution >= 0.6 is 24.0 Å². The normalized spacial score (nSPS) is 18.9. The SMILES string of the molecule is O=C1CCC(=O)N1CC[SH]=CS. The lowest BCUT2D eigenvalue weighted by Crippen LogP contribution is -2.30. The van der Waals surface area contributed by atoms with Gasteiger partial charge < -0.3 is 0 Å². The molecule has 68 valence electrons. The van der Waals surface area contributed by atoms with Gasteiger partial charge in [-0.15, -0.1) is 12.6 Å². The number of likely N-dealkylation sites (tertiary alicyclic amines) is 1. The Labute approximate surface area is 80.5 Å². The van der Waals surface area contributed by atoms with E-state index in [0.29, 0.717) is 19.4 Å². The second kappa shape index (κ2) is 4.67. The molecule has 0 N–H and O–H groups in total. The van der Waals surface area contributed by atoms with Gasteiger partial charge in [0.05, 0.1) is 0 Å². The zero-order valence-corrected chi connectivity index (χ0v) is 8.35. The molecule has 3 nitrogen and oxygen atoms in total. The van der Waals surface area contributed by atoms with Gasteiger partial charge >= 0.3 is 0 Å². The summed E-state index contributed by atoms with van der Waals surface area (Å²) in [7, 11) is 0. The topological polar surface area (TPSA) is 37.4 Å². The molecule has 1 aliphatic rings. The smallest absolute Gasteiger partial charge is 0.229 e. The molecule has 0 radical (unpaired) electrons. The van der Waals surface area contributed by atoms with E-state index in [1.807, 2.05) is 0 Å². The van der Waals surface area contributed by atoms with Crippen molar-refractivity contribution in [1.82, 2.24) is 4.90 Å². The summed E-state index contributed by atoms with van der Waals surface area (Å²) in [5, 5.41) is 0. The average Bonchev–Trinajstić information content (AvgIpc) is 2.35. The molecule has 1 heterocycles. The molecule has 1 fully saturated rings. The fourth-order valence-electron chi connectivity index (χ4n) is 1.09. The first-order valence-corrected chi connectivity index (χ1v) is 5.38. The van der Waals surface area contributed by atoms with Crippen LogP contribution in [0.4, 0.5) is 0 Å². The summed E-state index contributed by atoms with van der Waals surface area (Å²) in [6.07, 6.45) is 0.778. The van der Waals surface area contributed by atoms with Crippen LogP contribution in [0.3, 0.4) is 0 Å². The van der Waals surface area contributed by atoms with Gasteiger partial charge in [0.15, 0.2) is 0 Å². The van der Waals surface area contributed by atoms with Crippen molar-refractivity contribution in [3.8, 4) is 0 Å². The molecule has 0 bridgehead atoms. The van der Waals surface area contributed by atoms with Crippen molar-refractivity contribution in [2.24, 2.45) is 0 Å². The molecule has 12 heavy (non-hydrogen) atoms. The standard InChI is InChI=1S/C7H11NO2S2/c9-6-1-2-7(10)8(6)3-4-12-5-11/h5,11-12H,1-4H2. The molecule has 0 aliphatic carbocycles. The van der Waals surface area contributed by atoms with E-state index in [2.05, 4.69) is 12.6 Å². The predicted molar refractivity (Wildman–Crippen MR) is 54.9 cm³/mol. The maximum atomic E-state index is 11.1. The van der Waals surface area contributed by atoms with Crippen LogP contribution in [-0.2, 0) is 9.59 Å². The van der Waals surface area contributed by atoms with Crippen LogP contribution in [0.5, 0.6) is 0 Å². The number of nitrogens with zero attached hydrogens (tertiary/aromatic N) is 1. The van der Waals surface area contributed by atoms with E-state index < -0.39 is 0 Å². The Hall–Kier alpha value is -0.290. The zero-order chi connectivity index (χ0) is 8.97. The fourth-order valence-corrected chi connectivity index (χ4v) is 1.87. The van der Waals surface area contributed by atoms with Crippen LogP contribution in [0, 0.1) is 0 Å². The van der Waals surface area contributed by atoms with E-state index >= 15 is 0 Å². The molecule has 0 atom stereocenters. The Morgan fingerprint density at radius 1 is 1.42 bits per heavy atom. The first-order chi connectivity index (χ1) is 5.75. The summed E-state index contributed by atoms with van der Waals surface area (Å²) in [5.41, 5.74) is 0. The number of thiol groups is 2. The van der Waals surface area contributed by atoms with Crippen molar-refractivity contribution in [3.05, 3.63) is 0 Å². The molecule has 1 saturated heterocycles. The maximum Gasteiger partial charge on any atom is 0.229 e. The monoisotopic (exact) mass is 205 g/mol. The minimum atomic E-state index is -0.0330. The van der Waals surface area contributed by atoms with Crippen LogP contribution in [-0.4, -0.2) is 33.7 Å². The minimum absolute atomic E-state index is 0.0330. The Morgan fingerprint density at radius 2 is 2.00 bits per heavy atom. The van der Waals surface area contributed by atoms with Crippen LogP contribution in [0.15, 0.2) is 0 Å². The lowest BCUT2D eigenvalue weighted by Gasteiger charge is -2.11. The summed E-state index contributed by atoms with van der Waals surface area (Å²) in [6.45, 7) is 0.538. The van der Waals surface area contributed by atoms with Crippen molar-refractivity contribution in [3.63, 3.8) is 0 Å². The van der Waals surface area contributed by atoms with Crippen molar-refractivity contribution in [2.45, 2.75) is 12.8 Å². The highest BCUT2D eigenvalue weighted by molar-refractivity contribution is 8.15. The molecule has 0 spiro atoms. The summed E-state index contributed by atoms with van der Waals surface area (Å²) in [4.78, 5) is 23.4. The largest absolute Gasteiger partial charge is 0.282 e. The summed E-state index contributed by atoms with van der Waals surface area (Å²) in [6, 6.07) is 0. The van der Waals surface area contributed by atoms with Crippen LogP contribution < -0.4 is 0 Å². The number of hydrogen-bond acceptors (Lipinski definition) is 2. The molecule has 0 aromatic heterocycles. The quantitative estimate of drug-likeness (QED) is 0.395. The molecule has 0 unspecified atom stereocenters. The second-order valence-corrected chi connectivity index (χ2v) is 4.20. The number of amides is 2. The molecular weight excluding hydrogens is 194 g/mol. The van der Waals surface area contributed by atoms with Gasteiger partial charge in [0, 0.05) is 25.1 Å². The molecule has 1 rings (SSSR count). The number of rotatable bonds is 3. The van der Waals surface area contributed by atoms with Gasteiger partial charge in [0.25, 0.3) is 0 Å². The van der Waals surface area contributed by atoms with Crippen molar-refractivity contribution >= 4 is 40.5 Å². The summed E-state index contributed by atoms with van der Waals surface area (Å²) >= 11 is 4.97. The van der Waals surface area contributed by atoms with Crippen LogP contribution in [0.1, 0.15) is 12.8 Å². The lowest BCUT2D eigenvalue weighted by molar-refractivity contribution is -0.137. The number of hydrogen-bond donors (Lipinski definition) is 2. The second-order valence-electron chi connectivity index (χ2n) is 2.46. The molecule has 2 amide bonds. The van der Waals surface area contributed by atoms with Gasteiger partial charge in [0.1, 0.15) is 0 Å². The van der Waals surface area contributed by atoms with E-state index in [4.69, 9.17) is 0 Å². The van der Waals surface area contributed by atoms with E-state index in [-0.39, 0.29) is 11.8 Å². The van der Waals surface area contributed by atoms with Gasteiger partial charge in [-0.2, -0.15) is 11.4 Å². The van der Waals surface area contributed by atoms with Gasteiger partial charge in [-0.25, -0.2) is 0 Å². The third kappa shape index (κ3) is 2.35. The van der Waals surface area contributed by atoms with Crippen LogP contribution in [0.25, 0.3) is 0 Å². The summed E-state index contributed by atoms with van der Waals surface area (Å²) < 4.78 is 1.71. The first-order valence-electron chi connectivity index (χ1n) is 3.71. The third-order valence-corrected chi connectivity index (χ3v) is 2.80. The zero-order valence-electron chi connectivity index (χ0n) is 6.56. The third-order valence-electron chi connectivity index (χ3n) is 1.69. The fraction of sp³-hybridized carbons (Fsp3) is 0.571. The Bertz CT molecular complexity index is 211. The summed E-state index contributed by atoms with van der Waals surface area (Å²) in [5.74, 6) is 0.727. The molecule has 0 aromatic carbocycles. The van der Waals surface area contributed by atoms with Gasteiger partial charge in [-0.1, -0.05) is 0 Å². The van der Waals surface area contributed by atoms with Crippen LogP contribution in [0.2, 0.25) is 0 Å². The van der Waals surface area contributed by atoms with E-state index in [1.54, 1.807) is 4.70 Å². The molecule has 1 aliphatic heterocycles. The van der Waals surface area contributed by atoms with Gasteiger partial charge in [0.2, 0.25) is 11.8 Å². The van der Waals surface area contributed by atoms with Crippen molar-refractivity contribution < 1.29 is 9.59 Å². The van der Waals surface area contributed by atoms with E-state index in [0.717, 1.165) is 17.1 Å². The Balaban J connectivity index is 2.39. The van der Waals surface area contributed by atoms with E-state index in [9.17, 15) is 9.59 Å². The van der Waals surface area contributed by atoms with E-state index in [1.165, 1.54) is 4.90 Å². The molecule has 0 aromatic rings. The first kappa shape index (κ1) is 9.80. The number of imide groups is 1. The number of carbonyl (C=O) groups excluding carboxylic acids is 2. The predicted octanol–water partition coefficient (Wildman–Crippen LogP) is 0.290. The van der Waals surface area contributed by atoms with Crippen molar-refractivity contribution in [1.29, 1.82) is 0 Å². The minimum Gasteiger partial charge on any atom is -0.282 e. The molecule has 0 saturated carbocycles. The van der Waals surface area contributed by atoms with Gasteiger partial charge in [-0.3, -0.25) is 14.5 Å². The Morgan fingerprint density at radius 3 is 2.50 bits per heavy atom. The maximum absolute atomic E-state index is 11.1. The van der Waals surface area contributed by atoms with Crippen molar-refractivity contribution in [2.75, 3.05) is 12.3 Å². The highest BCUT2D eigenvalue weighted by Crippen LogP contribution is 2.11. The Kier molecular flexibility index (Phi) is 3.81. The highest BCUT2D eigenvalue weighted by Gasteiger charge is 2.27. The lowest BCUT2D eigenvalue weighted by atomic mass is 10.4. The average molecular weight is 205 g/mol.